The van der Waals surface area contributed by atoms with Gasteiger partial charge >= 0.3 is 6.18 Å². The summed E-state index contributed by atoms with van der Waals surface area (Å²) in [6.07, 6.45) is 2.90. The quantitative estimate of drug-likeness (QED) is 0.807. The van der Waals surface area contributed by atoms with Gasteiger partial charge in [0, 0.05) is 38.6 Å². The second-order valence-electron chi connectivity index (χ2n) is 6.10. The van der Waals surface area contributed by atoms with Crippen molar-refractivity contribution in [3.8, 4) is 0 Å². The van der Waals surface area contributed by atoms with Crippen LogP contribution in [0.3, 0.4) is 0 Å². The zero-order valence-electron chi connectivity index (χ0n) is 15.1. The van der Waals surface area contributed by atoms with Crippen molar-refractivity contribution in [2.45, 2.75) is 13.1 Å². The first-order valence-corrected chi connectivity index (χ1v) is 8.66. The van der Waals surface area contributed by atoms with Crippen LogP contribution in [0, 0.1) is 0 Å². The number of hydrogen-bond acceptors (Lipinski definition) is 6. The summed E-state index contributed by atoms with van der Waals surface area (Å²) in [4.78, 5) is 27.7. The number of pyridine rings is 1. The van der Waals surface area contributed by atoms with Crippen molar-refractivity contribution >= 4 is 23.2 Å². The third kappa shape index (κ3) is 4.56. The van der Waals surface area contributed by atoms with E-state index in [-0.39, 0.29) is 5.91 Å². The van der Waals surface area contributed by atoms with E-state index in [1.54, 1.807) is 24.1 Å². The molecule has 1 aliphatic rings. The fraction of sp³-hybridized carbons (Fsp3) is 0.333. The summed E-state index contributed by atoms with van der Waals surface area (Å²) in [7, 11) is 0. The van der Waals surface area contributed by atoms with Crippen molar-refractivity contribution < 1.29 is 18.0 Å². The number of carbonyl (C=O) groups excluding carboxylic acids is 1. The summed E-state index contributed by atoms with van der Waals surface area (Å²) in [5.74, 6) is 0.952. The van der Waals surface area contributed by atoms with E-state index in [0.717, 1.165) is 12.3 Å². The number of anilines is 3. The number of carbonyl (C=O) groups is 1. The Kier molecular flexibility index (Phi) is 5.76. The minimum atomic E-state index is -4.49. The molecule has 0 saturated carbocycles. The first-order valence-electron chi connectivity index (χ1n) is 8.66. The van der Waals surface area contributed by atoms with Crippen molar-refractivity contribution in [1.82, 2.24) is 19.9 Å². The summed E-state index contributed by atoms with van der Waals surface area (Å²) in [6.45, 7) is 4.02. The summed E-state index contributed by atoms with van der Waals surface area (Å²) in [5, 5.41) is 2.97. The Bertz CT molecular complexity index is 845. The summed E-state index contributed by atoms with van der Waals surface area (Å²) >= 11 is 0. The van der Waals surface area contributed by atoms with Crippen LogP contribution in [-0.4, -0.2) is 51.9 Å². The Morgan fingerprint density at radius 1 is 1.11 bits per heavy atom. The molecule has 1 aliphatic heterocycles. The van der Waals surface area contributed by atoms with E-state index >= 15 is 0 Å². The Balaban J connectivity index is 1.71. The molecule has 0 aromatic carbocycles. The highest BCUT2D eigenvalue weighted by atomic mass is 19.4. The van der Waals surface area contributed by atoms with Gasteiger partial charge in [-0.25, -0.2) is 15.0 Å². The predicted molar refractivity (Wildman–Crippen MR) is 98.2 cm³/mol. The normalized spacial score (nSPS) is 15.1. The first-order chi connectivity index (χ1) is 13.4. The fourth-order valence-corrected chi connectivity index (χ4v) is 2.81. The number of amides is 1. The van der Waals surface area contributed by atoms with Gasteiger partial charge in [0.25, 0.3) is 0 Å². The van der Waals surface area contributed by atoms with Gasteiger partial charge in [-0.3, -0.25) is 4.79 Å². The highest BCUT2D eigenvalue weighted by molar-refractivity contribution is 5.87. The van der Waals surface area contributed by atoms with E-state index in [4.69, 9.17) is 0 Å². The standard InChI is InChI=1S/C18H19F3N6O/c1-2-3-15(28)26-8-10-27(11-9-26)17-16(22-6-7-23-17)25-13-4-5-14(24-12-13)18(19,20)21/h2-7,12H,8-11H2,1H3,(H,22,25)/b3-2+. The average molecular weight is 392 g/mol. The van der Waals surface area contributed by atoms with Gasteiger partial charge in [-0.15, -0.1) is 0 Å². The van der Waals surface area contributed by atoms with E-state index < -0.39 is 11.9 Å². The summed E-state index contributed by atoms with van der Waals surface area (Å²) in [6, 6.07) is 2.20. The van der Waals surface area contributed by atoms with Crippen molar-refractivity contribution in [3.05, 3.63) is 48.6 Å². The lowest BCUT2D eigenvalue weighted by molar-refractivity contribution is -0.141. The van der Waals surface area contributed by atoms with Crippen molar-refractivity contribution in [2.24, 2.45) is 0 Å². The highest BCUT2D eigenvalue weighted by Crippen LogP contribution is 2.29. The average Bonchev–Trinajstić information content (AvgIpc) is 2.68. The van der Waals surface area contributed by atoms with Crippen molar-refractivity contribution in [2.75, 3.05) is 36.4 Å². The molecule has 0 bridgehead atoms. The number of allylic oxidation sites excluding steroid dienone is 1. The monoisotopic (exact) mass is 392 g/mol. The SMILES string of the molecule is C/C=C/C(=O)N1CCN(c2nccnc2Nc2ccc(C(F)(F)F)nc2)CC1. The van der Waals surface area contributed by atoms with Gasteiger partial charge in [0.05, 0.1) is 11.9 Å². The number of halogens is 3. The van der Waals surface area contributed by atoms with E-state index in [2.05, 4.69) is 20.3 Å². The number of alkyl halides is 3. The van der Waals surface area contributed by atoms with Crippen LogP contribution in [-0.2, 0) is 11.0 Å². The maximum absolute atomic E-state index is 12.6. The smallest absolute Gasteiger partial charge is 0.350 e. The summed E-state index contributed by atoms with van der Waals surface area (Å²) < 4.78 is 37.9. The fourth-order valence-electron chi connectivity index (χ4n) is 2.81. The van der Waals surface area contributed by atoms with Crippen LogP contribution in [0.5, 0.6) is 0 Å². The molecule has 10 heteroatoms. The van der Waals surface area contributed by atoms with E-state index in [1.807, 2.05) is 4.90 Å². The molecule has 1 amide bonds. The molecule has 2 aromatic heterocycles. The molecule has 2 aromatic rings. The van der Waals surface area contributed by atoms with Crippen molar-refractivity contribution in [3.63, 3.8) is 0 Å². The lowest BCUT2D eigenvalue weighted by atomic mass is 10.3. The van der Waals surface area contributed by atoms with Gasteiger partial charge in [-0.05, 0) is 25.1 Å². The van der Waals surface area contributed by atoms with Crippen LogP contribution in [0.25, 0.3) is 0 Å². The number of piperazine rings is 1. The summed E-state index contributed by atoms with van der Waals surface area (Å²) in [5.41, 5.74) is -0.587. The minimum absolute atomic E-state index is 0.0320. The number of aromatic nitrogens is 3. The molecular weight excluding hydrogens is 373 g/mol. The van der Waals surface area contributed by atoms with E-state index in [9.17, 15) is 18.0 Å². The maximum atomic E-state index is 12.6. The Labute approximate surface area is 159 Å². The zero-order chi connectivity index (χ0) is 20.1. The molecule has 3 heterocycles. The predicted octanol–water partition coefficient (Wildman–Crippen LogP) is 2.86. The van der Waals surface area contributed by atoms with Gasteiger partial charge < -0.3 is 15.1 Å². The highest BCUT2D eigenvalue weighted by Gasteiger charge is 2.32. The third-order valence-electron chi connectivity index (χ3n) is 4.20. The molecule has 1 N–H and O–H groups in total. The van der Waals surface area contributed by atoms with Gasteiger partial charge in [-0.1, -0.05) is 6.08 Å². The molecular formula is C18H19F3N6O. The molecule has 0 atom stereocenters. The van der Waals surface area contributed by atoms with Crippen LogP contribution in [0.2, 0.25) is 0 Å². The van der Waals surface area contributed by atoms with Crippen molar-refractivity contribution in [1.29, 1.82) is 0 Å². The largest absolute Gasteiger partial charge is 0.433 e. The zero-order valence-corrected chi connectivity index (χ0v) is 15.1. The van der Waals surface area contributed by atoms with Gasteiger partial charge in [0.15, 0.2) is 11.6 Å². The molecule has 28 heavy (non-hydrogen) atoms. The molecule has 0 aliphatic carbocycles. The molecule has 7 nitrogen and oxygen atoms in total. The van der Waals surface area contributed by atoms with Gasteiger partial charge in [-0.2, -0.15) is 13.2 Å². The molecule has 0 radical (unpaired) electrons. The Morgan fingerprint density at radius 2 is 1.82 bits per heavy atom. The molecule has 0 unspecified atom stereocenters. The lowest BCUT2D eigenvalue weighted by Crippen LogP contribution is -2.48. The Hall–Kier alpha value is -3.17. The molecule has 3 rings (SSSR count). The van der Waals surface area contributed by atoms with Crippen LogP contribution >= 0.6 is 0 Å². The minimum Gasteiger partial charge on any atom is -0.350 e. The lowest BCUT2D eigenvalue weighted by Gasteiger charge is -2.35. The number of nitrogens with one attached hydrogen (secondary N) is 1. The second-order valence-corrected chi connectivity index (χ2v) is 6.10. The second kappa shape index (κ2) is 8.24. The van der Waals surface area contributed by atoms with Crippen LogP contribution in [0.1, 0.15) is 12.6 Å². The van der Waals surface area contributed by atoms with Crippen LogP contribution < -0.4 is 10.2 Å². The van der Waals surface area contributed by atoms with E-state index in [1.165, 1.54) is 18.3 Å². The molecule has 1 saturated heterocycles. The maximum Gasteiger partial charge on any atom is 0.433 e. The number of nitrogens with zero attached hydrogens (tertiary/aromatic N) is 5. The number of rotatable bonds is 4. The van der Waals surface area contributed by atoms with Crippen LogP contribution in [0.15, 0.2) is 42.9 Å². The van der Waals surface area contributed by atoms with Crippen LogP contribution in [0.4, 0.5) is 30.5 Å². The first kappa shape index (κ1) is 19.6. The Morgan fingerprint density at radius 3 is 2.43 bits per heavy atom. The molecule has 148 valence electrons. The van der Waals surface area contributed by atoms with Gasteiger partial charge in [0.2, 0.25) is 5.91 Å². The van der Waals surface area contributed by atoms with Gasteiger partial charge in [0.1, 0.15) is 5.69 Å². The third-order valence-corrected chi connectivity index (χ3v) is 4.20. The molecule has 1 fully saturated rings. The van der Waals surface area contributed by atoms with E-state index in [0.29, 0.717) is 43.5 Å². The topological polar surface area (TPSA) is 74.2 Å². The number of hydrogen-bond donors (Lipinski definition) is 1. The molecule has 0 spiro atoms.